The molecular weight excluding hydrogens is 370 g/mol. The fourth-order valence-electron chi connectivity index (χ4n) is 2.99. The summed E-state index contributed by atoms with van der Waals surface area (Å²) in [6, 6.07) is 6.03. The third-order valence-electron chi connectivity index (χ3n) is 4.19. The zero-order valence-corrected chi connectivity index (χ0v) is 18.6. The molecule has 0 aliphatic carbocycles. The maximum Gasteiger partial charge on any atom is 0.329 e. The molecule has 28 heavy (non-hydrogen) atoms. The topological polar surface area (TPSA) is 60.5 Å². The van der Waals surface area contributed by atoms with Crippen LogP contribution in [0, 0.1) is 18.8 Å². The molecule has 1 heterocycles. The molecule has 2 amide bonds. The minimum absolute atomic E-state index is 0.186. The molecule has 1 aromatic carbocycles. The van der Waals surface area contributed by atoms with Gasteiger partial charge in [0, 0.05) is 25.2 Å². The molecule has 0 spiro atoms. The van der Waals surface area contributed by atoms with Crippen molar-refractivity contribution in [2.75, 3.05) is 41.9 Å². The highest BCUT2D eigenvalue weighted by molar-refractivity contribution is 7.13. The number of anilines is 3. The Hall–Kier alpha value is -2.12. The normalized spacial score (nSPS) is 11.1. The zero-order valence-electron chi connectivity index (χ0n) is 17.8. The minimum Gasteiger partial charge on any atom is -0.373 e. The van der Waals surface area contributed by atoms with Crippen molar-refractivity contribution in [1.29, 1.82) is 0 Å². The summed E-state index contributed by atoms with van der Waals surface area (Å²) in [6.45, 7) is 13.0. The molecule has 0 aliphatic rings. The number of amides is 2. The van der Waals surface area contributed by atoms with E-state index >= 15 is 0 Å². The molecule has 1 aromatic heterocycles. The maximum absolute atomic E-state index is 13.1. The van der Waals surface area contributed by atoms with Gasteiger partial charge in [-0.05, 0) is 43.0 Å². The van der Waals surface area contributed by atoms with Crippen LogP contribution in [0.15, 0.2) is 29.8 Å². The quantitative estimate of drug-likeness (QED) is 0.591. The van der Waals surface area contributed by atoms with Crippen molar-refractivity contribution in [3.8, 4) is 0 Å². The Labute approximate surface area is 173 Å². The van der Waals surface area contributed by atoms with Gasteiger partial charge in [-0.2, -0.15) is 0 Å². The number of nitrogens with one attached hydrogen (secondary N) is 2. The summed E-state index contributed by atoms with van der Waals surface area (Å²) in [5, 5.41) is 8.76. The highest BCUT2D eigenvalue weighted by Gasteiger charge is 2.21. The summed E-state index contributed by atoms with van der Waals surface area (Å²) in [6.07, 6.45) is 1.69. The van der Waals surface area contributed by atoms with Crippen LogP contribution in [0.3, 0.4) is 0 Å². The van der Waals surface area contributed by atoms with Gasteiger partial charge in [-0.25, -0.2) is 9.78 Å². The van der Waals surface area contributed by atoms with Crippen LogP contribution in [0.2, 0.25) is 0 Å². The first kappa shape index (κ1) is 22.2. The van der Waals surface area contributed by atoms with E-state index in [4.69, 9.17) is 0 Å². The fraction of sp³-hybridized carbons (Fsp3) is 0.524. The Morgan fingerprint density at radius 1 is 1.18 bits per heavy atom. The predicted molar refractivity (Wildman–Crippen MR) is 121 cm³/mol. The average molecular weight is 404 g/mol. The van der Waals surface area contributed by atoms with Crippen molar-refractivity contribution in [3.63, 3.8) is 0 Å². The van der Waals surface area contributed by atoms with Crippen molar-refractivity contribution in [3.05, 3.63) is 35.3 Å². The SMILES string of the molecule is Cc1ccc(N(CNCC(C)C)C(=O)Nc2nccs2)c(N(C)CC(C)C)c1. The molecule has 0 aliphatic heterocycles. The molecule has 0 bridgehead atoms. The van der Waals surface area contributed by atoms with E-state index in [0.717, 1.165) is 24.5 Å². The van der Waals surface area contributed by atoms with Gasteiger partial charge in [-0.3, -0.25) is 15.5 Å². The molecule has 0 saturated carbocycles. The lowest BCUT2D eigenvalue weighted by molar-refractivity contribution is 0.256. The Bertz CT molecular complexity index is 745. The maximum atomic E-state index is 13.1. The highest BCUT2D eigenvalue weighted by Crippen LogP contribution is 2.31. The third kappa shape index (κ3) is 6.49. The molecule has 0 atom stereocenters. The van der Waals surface area contributed by atoms with E-state index in [2.05, 4.69) is 68.3 Å². The van der Waals surface area contributed by atoms with Crippen LogP contribution in [-0.4, -0.2) is 37.8 Å². The summed E-state index contributed by atoms with van der Waals surface area (Å²) in [5.74, 6) is 1.03. The van der Waals surface area contributed by atoms with Crippen LogP contribution in [-0.2, 0) is 0 Å². The standard InChI is InChI=1S/C21H33N5OS/c1-15(2)12-22-14-26(21(27)24-20-23-9-10-28-20)18-8-7-17(5)11-19(18)25(6)13-16(3)4/h7-11,15-16,22H,12-14H2,1-6H3,(H,23,24,27). The van der Waals surface area contributed by atoms with Gasteiger partial charge in [0.25, 0.3) is 0 Å². The number of rotatable bonds is 9. The Kier molecular flexibility index (Phi) is 8.26. The van der Waals surface area contributed by atoms with Gasteiger partial charge in [-0.15, -0.1) is 11.3 Å². The van der Waals surface area contributed by atoms with Crippen molar-refractivity contribution in [2.24, 2.45) is 11.8 Å². The van der Waals surface area contributed by atoms with Crippen LogP contribution < -0.4 is 20.4 Å². The summed E-state index contributed by atoms with van der Waals surface area (Å²) in [4.78, 5) is 21.3. The first-order valence-electron chi connectivity index (χ1n) is 9.78. The molecule has 0 unspecified atom stereocenters. The number of thiazole rings is 1. The Balaban J connectivity index is 2.33. The van der Waals surface area contributed by atoms with E-state index in [0.29, 0.717) is 23.6 Å². The number of urea groups is 1. The molecule has 154 valence electrons. The van der Waals surface area contributed by atoms with Crippen molar-refractivity contribution >= 4 is 33.9 Å². The smallest absolute Gasteiger partial charge is 0.329 e. The van der Waals surface area contributed by atoms with E-state index in [1.54, 1.807) is 11.1 Å². The highest BCUT2D eigenvalue weighted by atomic mass is 32.1. The summed E-state index contributed by atoms with van der Waals surface area (Å²) in [5.41, 5.74) is 3.11. The van der Waals surface area contributed by atoms with Crippen molar-refractivity contribution < 1.29 is 4.79 Å². The zero-order chi connectivity index (χ0) is 20.7. The van der Waals surface area contributed by atoms with E-state index < -0.39 is 0 Å². The van der Waals surface area contributed by atoms with Gasteiger partial charge in [-0.1, -0.05) is 33.8 Å². The second-order valence-corrected chi connectivity index (χ2v) is 8.86. The second kappa shape index (κ2) is 10.4. The molecule has 2 N–H and O–H groups in total. The van der Waals surface area contributed by atoms with Crippen molar-refractivity contribution in [2.45, 2.75) is 34.6 Å². The third-order valence-corrected chi connectivity index (χ3v) is 4.87. The van der Waals surface area contributed by atoms with Gasteiger partial charge in [0.1, 0.15) is 0 Å². The molecule has 2 aromatic rings. The van der Waals surface area contributed by atoms with Gasteiger partial charge >= 0.3 is 6.03 Å². The molecule has 0 fully saturated rings. The number of nitrogens with zero attached hydrogens (tertiary/aromatic N) is 3. The van der Waals surface area contributed by atoms with Crippen LogP contribution in [0.4, 0.5) is 21.3 Å². The molecule has 6 nitrogen and oxygen atoms in total. The lowest BCUT2D eigenvalue weighted by Crippen LogP contribution is -2.43. The summed E-state index contributed by atoms with van der Waals surface area (Å²) in [7, 11) is 2.08. The number of carbonyl (C=O) groups excluding carboxylic acids is 1. The fourth-order valence-corrected chi connectivity index (χ4v) is 3.51. The largest absolute Gasteiger partial charge is 0.373 e. The van der Waals surface area contributed by atoms with E-state index in [1.165, 1.54) is 16.9 Å². The van der Waals surface area contributed by atoms with Gasteiger partial charge in [0.05, 0.1) is 18.0 Å². The van der Waals surface area contributed by atoms with Crippen LogP contribution >= 0.6 is 11.3 Å². The molecular formula is C21H33N5OS. The Morgan fingerprint density at radius 2 is 1.93 bits per heavy atom. The lowest BCUT2D eigenvalue weighted by atomic mass is 10.1. The number of benzene rings is 1. The monoisotopic (exact) mass is 403 g/mol. The Morgan fingerprint density at radius 3 is 2.54 bits per heavy atom. The lowest BCUT2D eigenvalue weighted by Gasteiger charge is -2.30. The van der Waals surface area contributed by atoms with Crippen LogP contribution in [0.25, 0.3) is 0 Å². The van der Waals surface area contributed by atoms with Gasteiger partial charge < -0.3 is 4.90 Å². The molecule has 0 saturated heterocycles. The second-order valence-electron chi connectivity index (χ2n) is 7.97. The van der Waals surface area contributed by atoms with Gasteiger partial charge in [0.2, 0.25) is 0 Å². The number of hydrogen-bond donors (Lipinski definition) is 2. The first-order valence-corrected chi connectivity index (χ1v) is 10.7. The van der Waals surface area contributed by atoms with Crippen LogP contribution in [0.1, 0.15) is 33.3 Å². The van der Waals surface area contributed by atoms with Crippen LogP contribution in [0.5, 0.6) is 0 Å². The number of aryl methyl sites for hydroxylation is 1. The van der Waals surface area contributed by atoms with Gasteiger partial charge in [0.15, 0.2) is 5.13 Å². The number of hydrogen-bond acceptors (Lipinski definition) is 5. The number of carbonyl (C=O) groups is 1. The predicted octanol–water partition coefficient (Wildman–Crippen LogP) is 4.79. The van der Waals surface area contributed by atoms with E-state index in [1.807, 2.05) is 17.5 Å². The number of aromatic nitrogens is 1. The van der Waals surface area contributed by atoms with Crippen molar-refractivity contribution in [1.82, 2.24) is 10.3 Å². The molecule has 7 heteroatoms. The summed E-state index contributed by atoms with van der Waals surface area (Å²) >= 11 is 1.41. The first-order chi connectivity index (χ1) is 13.3. The molecule has 2 rings (SSSR count). The molecule has 0 radical (unpaired) electrons. The summed E-state index contributed by atoms with van der Waals surface area (Å²) < 4.78 is 0. The minimum atomic E-state index is -0.186. The average Bonchev–Trinajstić information content (AvgIpc) is 3.11. The van der Waals surface area contributed by atoms with E-state index in [-0.39, 0.29) is 6.03 Å². The van der Waals surface area contributed by atoms with E-state index in [9.17, 15) is 4.79 Å².